The molecule has 1 aliphatic carbocycles. The largest absolute Gasteiger partial charge is 0.506 e. The smallest absolute Gasteiger partial charge is 0.254 e. The second kappa shape index (κ2) is 4.74. The topological polar surface area (TPSA) is 69.8 Å². The number of phenolic OH excluding ortho intramolecular Hbond substituents is 1. The molecule has 0 radical (unpaired) electrons. The van der Waals surface area contributed by atoms with Crippen LogP contribution in [-0.4, -0.2) is 53.0 Å². The highest BCUT2D eigenvalue weighted by Crippen LogP contribution is 2.28. The fraction of sp³-hybridized carbons (Fsp3) is 0.500. The van der Waals surface area contributed by atoms with Crippen molar-refractivity contribution >= 4 is 11.6 Å². The van der Waals surface area contributed by atoms with E-state index in [1.807, 2.05) is 4.90 Å². The van der Waals surface area contributed by atoms with E-state index < -0.39 is 0 Å². The molecule has 1 aromatic carbocycles. The highest BCUT2D eigenvalue weighted by Gasteiger charge is 2.32. The van der Waals surface area contributed by atoms with Crippen LogP contribution in [0.15, 0.2) is 18.2 Å². The van der Waals surface area contributed by atoms with E-state index >= 15 is 0 Å². The van der Waals surface area contributed by atoms with Gasteiger partial charge < -0.3 is 15.7 Å². The SMILES string of the molecule is Nc1ccc(C(=O)N2CCN(C3CC3)CC2)cc1O. The third kappa shape index (κ3) is 2.51. The first kappa shape index (κ1) is 12.3. The maximum absolute atomic E-state index is 12.3. The number of hydrogen-bond donors (Lipinski definition) is 2. The number of hydrogen-bond acceptors (Lipinski definition) is 4. The molecule has 0 atom stereocenters. The second-order valence-electron chi connectivity index (χ2n) is 5.33. The maximum Gasteiger partial charge on any atom is 0.254 e. The number of carbonyl (C=O) groups excluding carboxylic acids is 1. The van der Waals surface area contributed by atoms with Crippen LogP contribution in [0.3, 0.4) is 0 Å². The molecule has 1 saturated heterocycles. The Balaban J connectivity index is 1.65. The summed E-state index contributed by atoms with van der Waals surface area (Å²) in [6.45, 7) is 3.44. The lowest BCUT2D eigenvalue weighted by Gasteiger charge is -2.34. The van der Waals surface area contributed by atoms with Crippen molar-refractivity contribution in [3.05, 3.63) is 23.8 Å². The molecule has 5 heteroatoms. The summed E-state index contributed by atoms with van der Waals surface area (Å²) < 4.78 is 0. The highest BCUT2D eigenvalue weighted by atomic mass is 16.3. The van der Waals surface area contributed by atoms with E-state index in [4.69, 9.17) is 5.73 Å². The fourth-order valence-electron chi connectivity index (χ4n) is 2.59. The van der Waals surface area contributed by atoms with Crippen molar-refractivity contribution in [1.82, 2.24) is 9.80 Å². The van der Waals surface area contributed by atoms with Gasteiger partial charge in [0.15, 0.2) is 0 Å². The molecule has 2 aliphatic rings. The molecule has 1 amide bonds. The van der Waals surface area contributed by atoms with Gasteiger partial charge in [0.2, 0.25) is 0 Å². The van der Waals surface area contributed by atoms with Crippen LogP contribution in [0.1, 0.15) is 23.2 Å². The maximum atomic E-state index is 12.3. The van der Waals surface area contributed by atoms with Gasteiger partial charge in [-0.25, -0.2) is 0 Å². The van der Waals surface area contributed by atoms with E-state index in [1.54, 1.807) is 12.1 Å². The van der Waals surface area contributed by atoms with Gasteiger partial charge >= 0.3 is 0 Å². The molecule has 5 nitrogen and oxygen atoms in total. The van der Waals surface area contributed by atoms with Crippen LogP contribution < -0.4 is 5.73 Å². The minimum atomic E-state index is -0.0255. The number of amides is 1. The molecular formula is C14H19N3O2. The molecule has 0 aromatic heterocycles. The van der Waals surface area contributed by atoms with Crippen LogP contribution in [0, 0.1) is 0 Å². The Kier molecular flexibility index (Phi) is 3.06. The van der Waals surface area contributed by atoms with Crippen molar-refractivity contribution in [2.45, 2.75) is 18.9 Å². The number of rotatable bonds is 2. The zero-order chi connectivity index (χ0) is 13.4. The molecule has 0 unspecified atom stereocenters. The number of piperazine rings is 1. The second-order valence-corrected chi connectivity index (χ2v) is 5.33. The summed E-state index contributed by atoms with van der Waals surface area (Å²) >= 11 is 0. The molecule has 0 spiro atoms. The van der Waals surface area contributed by atoms with Crippen molar-refractivity contribution in [2.75, 3.05) is 31.9 Å². The van der Waals surface area contributed by atoms with E-state index in [1.165, 1.54) is 18.9 Å². The van der Waals surface area contributed by atoms with Gasteiger partial charge in [-0.3, -0.25) is 9.69 Å². The molecule has 1 aromatic rings. The summed E-state index contributed by atoms with van der Waals surface area (Å²) in [5.74, 6) is -0.0480. The average Bonchev–Trinajstić information content (AvgIpc) is 3.26. The number of phenols is 1. The molecule has 1 aliphatic heterocycles. The van der Waals surface area contributed by atoms with Crippen LogP contribution in [0.25, 0.3) is 0 Å². The Morgan fingerprint density at radius 2 is 1.89 bits per heavy atom. The number of nitrogen functional groups attached to an aromatic ring is 1. The van der Waals surface area contributed by atoms with Crippen LogP contribution in [0.4, 0.5) is 5.69 Å². The van der Waals surface area contributed by atoms with Gasteiger partial charge in [-0.15, -0.1) is 0 Å². The summed E-state index contributed by atoms with van der Waals surface area (Å²) in [6, 6.07) is 5.45. The van der Waals surface area contributed by atoms with E-state index in [0.29, 0.717) is 11.3 Å². The zero-order valence-corrected chi connectivity index (χ0v) is 10.9. The first-order chi connectivity index (χ1) is 9.15. The molecule has 3 N–H and O–H groups in total. The van der Waals surface area contributed by atoms with Crippen LogP contribution >= 0.6 is 0 Å². The van der Waals surface area contributed by atoms with Gasteiger partial charge in [-0.1, -0.05) is 0 Å². The Hall–Kier alpha value is -1.75. The zero-order valence-electron chi connectivity index (χ0n) is 10.9. The van der Waals surface area contributed by atoms with Crippen LogP contribution in [0.2, 0.25) is 0 Å². The summed E-state index contributed by atoms with van der Waals surface area (Å²) in [7, 11) is 0. The van der Waals surface area contributed by atoms with Crippen molar-refractivity contribution in [3.8, 4) is 5.75 Å². The van der Waals surface area contributed by atoms with Gasteiger partial charge in [-0.05, 0) is 31.0 Å². The van der Waals surface area contributed by atoms with Crippen molar-refractivity contribution in [1.29, 1.82) is 0 Å². The summed E-state index contributed by atoms with van der Waals surface area (Å²) in [6.07, 6.45) is 2.61. The minimum absolute atomic E-state index is 0.0225. The lowest BCUT2D eigenvalue weighted by Crippen LogP contribution is -2.49. The Morgan fingerprint density at radius 3 is 2.47 bits per heavy atom. The Labute approximate surface area is 112 Å². The molecule has 0 bridgehead atoms. The van der Waals surface area contributed by atoms with Crippen molar-refractivity contribution in [2.24, 2.45) is 0 Å². The number of aromatic hydroxyl groups is 1. The summed E-state index contributed by atoms with van der Waals surface area (Å²) in [5.41, 5.74) is 6.35. The molecular weight excluding hydrogens is 242 g/mol. The molecule has 1 heterocycles. The Bertz CT molecular complexity index is 491. The predicted molar refractivity (Wildman–Crippen MR) is 73.0 cm³/mol. The summed E-state index contributed by atoms with van der Waals surface area (Å²) in [5, 5.41) is 9.57. The fourth-order valence-corrected chi connectivity index (χ4v) is 2.59. The quantitative estimate of drug-likeness (QED) is 0.613. The average molecular weight is 261 g/mol. The molecule has 102 valence electrons. The number of nitrogens with zero attached hydrogens (tertiary/aromatic N) is 2. The van der Waals surface area contributed by atoms with Crippen LogP contribution in [-0.2, 0) is 0 Å². The molecule has 3 rings (SSSR count). The van der Waals surface area contributed by atoms with E-state index in [2.05, 4.69) is 4.90 Å². The lowest BCUT2D eigenvalue weighted by atomic mass is 10.1. The molecule has 19 heavy (non-hydrogen) atoms. The van der Waals surface area contributed by atoms with E-state index in [0.717, 1.165) is 32.2 Å². The monoisotopic (exact) mass is 261 g/mol. The van der Waals surface area contributed by atoms with Crippen LogP contribution in [0.5, 0.6) is 5.75 Å². The van der Waals surface area contributed by atoms with E-state index in [9.17, 15) is 9.90 Å². The predicted octanol–water partition coefficient (Wildman–Crippen LogP) is 0.895. The van der Waals surface area contributed by atoms with Gasteiger partial charge in [0.05, 0.1) is 5.69 Å². The van der Waals surface area contributed by atoms with Crippen molar-refractivity contribution < 1.29 is 9.90 Å². The standard InChI is InChI=1S/C14H19N3O2/c15-12-4-1-10(9-13(12)18)14(19)17-7-5-16(6-8-17)11-2-3-11/h1,4,9,11,18H,2-3,5-8,15H2. The first-order valence-electron chi connectivity index (χ1n) is 6.77. The number of carbonyl (C=O) groups is 1. The molecule has 1 saturated carbocycles. The Morgan fingerprint density at radius 1 is 1.21 bits per heavy atom. The lowest BCUT2D eigenvalue weighted by molar-refractivity contribution is 0.0627. The number of anilines is 1. The number of nitrogens with two attached hydrogens (primary N) is 1. The third-order valence-corrected chi connectivity index (χ3v) is 3.94. The molecule has 2 fully saturated rings. The summed E-state index contributed by atoms with van der Waals surface area (Å²) in [4.78, 5) is 16.6. The number of benzene rings is 1. The highest BCUT2D eigenvalue weighted by molar-refractivity contribution is 5.95. The van der Waals surface area contributed by atoms with Gasteiger partial charge in [0.25, 0.3) is 5.91 Å². The third-order valence-electron chi connectivity index (χ3n) is 3.94. The van der Waals surface area contributed by atoms with E-state index in [-0.39, 0.29) is 11.7 Å². The van der Waals surface area contributed by atoms with Gasteiger partial charge in [0, 0.05) is 37.8 Å². The van der Waals surface area contributed by atoms with Gasteiger partial charge in [-0.2, -0.15) is 0 Å². The van der Waals surface area contributed by atoms with Crippen molar-refractivity contribution in [3.63, 3.8) is 0 Å². The first-order valence-corrected chi connectivity index (χ1v) is 6.77. The normalized spacial score (nSPS) is 20.5. The minimum Gasteiger partial charge on any atom is -0.506 e. The van der Waals surface area contributed by atoms with Gasteiger partial charge in [0.1, 0.15) is 5.75 Å².